The van der Waals surface area contributed by atoms with Crippen molar-refractivity contribution >= 4 is 12.1 Å². The summed E-state index contributed by atoms with van der Waals surface area (Å²) in [4.78, 5) is 20.8. The molecule has 0 aromatic carbocycles. The quantitative estimate of drug-likeness (QED) is 0.424. The van der Waals surface area contributed by atoms with E-state index in [2.05, 4.69) is 0 Å². The first-order valence-electron chi connectivity index (χ1n) is 3.03. The summed E-state index contributed by atoms with van der Waals surface area (Å²) in [6.45, 7) is 0. The zero-order valence-corrected chi connectivity index (χ0v) is 5.41. The Morgan fingerprint density at radius 2 is 2.40 bits per heavy atom. The largest absolute Gasteiger partial charge is 0.303 e. The molecular weight excluding hydrogens is 128 g/mol. The van der Waals surface area contributed by atoms with Crippen LogP contribution in [0.15, 0.2) is 23.8 Å². The predicted molar refractivity (Wildman–Crippen MR) is 37.2 cm³/mol. The average Bonchev–Trinajstić information content (AvgIpc) is 2.38. The molecule has 0 spiro atoms. The molecule has 0 heterocycles. The Morgan fingerprint density at radius 1 is 1.60 bits per heavy atom. The van der Waals surface area contributed by atoms with Gasteiger partial charge < -0.3 is 4.79 Å². The second kappa shape index (κ2) is 3.11. The van der Waals surface area contributed by atoms with Gasteiger partial charge in [-0.15, -0.1) is 0 Å². The predicted octanol–water partition coefficient (Wildman–Crippen LogP) is 0.845. The molecule has 0 amide bonds. The maximum Gasteiger partial charge on any atom is 0.169 e. The molecule has 1 aliphatic carbocycles. The van der Waals surface area contributed by atoms with Crippen LogP contribution < -0.4 is 0 Å². The minimum Gasteiger partial charge on any atom is -0.303 e. The molecule has 0 aromatic heterocycles. The normalized spacial score (nSPS) is 15.0. The van der Waals surface area contributed by atoms with Crippen LogP contribution in [0.25, 0.3) is 0 Å². The molecule has 0 saturated heterocycles. The summed E-state index contributed by atoms with van der Waals surface area (Å²) in [6, 6.07) is 0. The fourth-order valence-electron chi connectivity index (χ4n) is 0.753. The summed E-state index contributed by atoms with van der Waals surface area (Å²) in [5, 5.41) is 0. The van der Waals surface area contributed by atoms with Gasteiger partial charge in [0.05, 0.1) is 6.42 Å². The lowest BCUT2D eigenvalue weighted by Crippen LogP contribution is -1.98. The lowest BCUT2D eigenvalue weighted by atomic mass is 10.1. The van der Waals surface area contributed by atoms with Crippen molar-refractivity contribution < 1.29 is 9.59 Å². The molecule has 0 fully saturated rings. The van der Waals surface area contributed by atoms with E-state index in [4.69, 9.17) is 0 Å². The van der Waals surface area contributed by atoms with Crippen molar-refractivity contribution in [1.29, 1.82) is 0 Å². The number of allylic oxidation sites excluding steroid dienone is 4. The highest BCUT2D eigenvalue weighted by Crippen LogP contribution is 2.09. The third-order valence-corrected chi connectivity index (χ3v) is 1.25. The molecule has 1 rings (SSSR count). The van der Waals surface area contributed by atoms with Gasteiger partial charge >= 0.3 is 0 Å². The van der Waals surface area contributed by atoms with Crippen LogP contribution in [0.4, 0.5) is 0 Å². The van der Waals surface area contributed by atoms with Gasteiger partial charge in [-0.2, -0.15) is 0 Å². The molecule has 51 valence electrons. The maximum absolute atomic E-state index is 10.9. The van der Waals surface area contributed by atoms with E-state index in [9.17, 15) is 9.59 Å². The highest BCUT2D eigenvalue weighted by atomic mass is 16.1. The van der Waals surface area contributed by atoms with E-state index in [1.807, 2.05) is 0 Å². The third-order valence-electron chi connectivity index (χ3n) is 1.25. The summed E-state index contributed by atoms with van der Waals surface area (Å²) < 4.78 is 0. The zero-order valence-electron chi connectivity index (χ0n) is 5.41. The first kappa shape index (κ1) is 6.93. The van der Waals surface area contributed by atoms with E-state index in [0.717, 1.165) is 0 Å². The molecule has 1 aliphatic rings. The van der Waals surface area contributed by atoms with Crippen LogP contribution >= 0.6 is 0 Å². The number of Topliss-reactive ketones (excluding diaryl/α,β-unsaturated/α-hetero) is 1. The highest BCUT2D eigenvalue weighted by Gasteiger charge is 2.06. The molecule has 0 saturated carbocycles. The number of ketones is 1. The highest BCUT2D eigenvalue weighted by molar-refractivity contribution is 6.04. The van der Waals surface area contributed by atoms with Crippen LogP contribution in [0.2, 0.25) is 0 Å². The van der Waals surface area contributed by atoms with Crippen molar-refractivity contribution in [3.63, 3.8) is 0 Å². The fourth-order valence-corrected chi connectivity index (χ4v) is 0.753. The van der Waals surface area contributed by atoms with Crippen LogP contribution in [-0.2, 0) is 9.59 Å². The Hall–Kier alpha value is -1.18. The van der Waals surface area contributed by atoms with Crippen LogP contribution in [0.1, 0.15) is 6.42 Å². The summed E-state index contributed by atoms with van der Waals surface area (Å²) in [5.41, 5.74) is 0.618. The first-order chi connectivity index (χ1) is 4.84. The molecular formula is C8H7O2. The van der Waals surface area contributed by atoms with Crippen molar-refractivity contribution in [3.8, 4) is 0 Å². The Balaban J connectivity index is 2.56. The van der Waals surface area contributed by atoms with Gasteiger partial charge in [-0.1, -0.05) is 18.2 Å². The van der Waals surface area contributed by atoms with Gasteiger partial charge in [0.1, 0.15) is 6.29 Å². The van der Waals surface area contributed by atoms with Crippen molar-refractivity contribution in [3.05, 3.63) is 30.2 Å². The molecule has 2 heteroatoms. The minimum absolute atomic E-state index is 0.00991. The van der Waals surface area contributed by atoms with Crippen LogP contribution in [0.5, 0.6) is 0 Å². The van der Waals surface area contributed by atoms with Crippen molar-refractivity contribution in [2.45, 2.75) is 6.42 Å². The van der Waals surface area contributed by atoms with Gasteiger partial charge in [0.2, 0.25) is 0 Å². The Labute approximate surface area is 59.2 Å². The van der Waals surface area contributed by atoms with E-state index in [1.54, 1.807) is 24.6 Å². The van der Waals surface area contributed by atoms with Crippen molar-refractivity contribution in [1.82, 2.24) is 0 Å². The van der Waals surface area contributed by atoms with Crippen LogP contribution in [0, 0.1) is 6.42 Å². The van der Waals surface area contributed by atoms with E-state index in [-0.39, 0.29) is 12.2 Å². The topological polar surface area (TPSA) is 34.1 Å². The number of carbonyl (C=O) groups excluding carboxylic acids is 2. The fraction of sp³-hybridized carbons (Fsp3) is 0.125. The maximum atomic E-state index is 10.9. The summed E-state index contributed by atoms with van der Waals surface area (Å²) in [5.74, 6) is -0.111. The van der Waals surface area contributed by atoms with Gasteiger partial charge in [0.25, 0.3) is 0 Å². The molecule has 0 atom stereocenters. The van der Waals surface area contributed by atoms with Gasteiger partial charge in [0, 0.05) is 12.0 Å². The van der Waals surface area contributed by atoms with E-state index >= 15 is 0 Å². The van der Waals surface area contributed by atoms with Crippen LogP contribution in [-0.4, -0.2) is 12.1 Å². The average molecular weight is 135 g/mol. The lowest BCUT2D eigenvalue weighted by Gasteiger charge is -1.90. The Bertz CT molecular complexity index is 211. The minimum atomic E-state index is -0.111. The summed E-state index contributed by atoms with van der Waals surface area (Å²) in [7, 11) is 0. The molecule has 1 radical (unpaired) electrons. The molecule has 0 N–H and O–H groups in total. The lowest BCUT2D eigenvalue weighted by molar-refractivity contribution is -0.119. The van der Waals surface area contributed by atoms with Gasteiger partial charge in [-0.3, -0.25) is 4.79 Å². The number of carbonyl (C=O) groups is 2. The van der Waals surface area contributed by atoms with Crippen molar-refractivity contribution in [2.24, 2.45) is 0 Å². The Morgan fingerprint density at radius 3 is 2.90 bits per heavy atom. The Kier molecular flexibility index (Phi) is 2.15. The SMILES string of the molecule is O=CCC(=O)C1=C[CH]C=C1. The number of hydrogen-bond donors (Lipinski definition) is 0. The van der Waals surface area contributed by atoms with Gasteiger partial charge in [0.15, 0.2) is 5.78 Å². The standard InChI is InChI=1S/C8H7O2/c9-6-5-8(10)7-3-1-2-4-7/h1-4,6H,5H2. The van der Waals surface area contributed by atoms with E-state index in [1.165, 1.54) is 0 Å². The van der Waals surface area contributed by atoms with Crippen molar-refractivity contribution in [2.75, 3.05) is 0 Å². The third kappa shape index (κ3) is 1.41. The number of hydrogen-bond acceptors (Lipinski definition) is 2. The zero-order chi connectivity index (χ0) is 7.40. The molecule has 10 heavy (non-hydrogen) atoms. The molecule has 0 bridgehead atoms. The summed E-state index contributed by atoms with van der Waals surface area (Å²) >= 11 is 0. The monoisotopic (exact) mass is 135 g/mol. The van der Waals surface area contributed by atoms with E-state index < -0.39 is 0 Å². The van der Waals surface area contributed by atoms with Crippen LogP contribution in [0.3, 0.4) is 0 Å². The van der Waals surface area contributed by atoms with Gasteiger partial charge in [-0.05, 0) is 0 Å². The van der Waals surface area contributed by atoms with Gasteiger partial charge in [-0.25, -0.2) is 0 Å². The molecule has 0 unspecified atom stereocenters. The molecule has 0 aliphatic heterocycles. The number of aldehydes is 1. The summed E-state index contributed by atoms with van der Waals surface area (Å²) in [6.07, 6.45) is 7.56. The first-order valence-corrected chi connectivity index (χ1v) is 3.03. The smallest absolute Gasteiger partial charge is 0.169 e. The second-order valence-electron chi connectivity index (χ2n) is 1.97. The second-order valence-corrected chi connectivity index (χ2v) is 1.97. The molecule has 0 aromatic rings. The number of rotatable bonds is 3. The van der Waals surface area contributed by atoms with E-state index in [0.29, 0.717) is 11.9 Å². The molecule has 2 nitrogen and oxygen atoms in total.